The van der Waals surface area contributed by atoms with E-state index in [0.29, 0.717) is 21.8 Å². The van der Waals surface area contributed by atoms with E-state index in [1.54, 1.807) is 37.3 Å². The van der Waals surface area contributed by atoms with Gasteiger partial charge < -0.3 is 11.1 Å². The molecule has 1 atom stereocenters. The van der Waals surface area contributed by atoms with Crippen molar-refractivity contribution >= 4 is 23.2 Å². The Labute approximate surface area is 121 Å². The molecule has 0 spiro atoms. The summed E-state index contributed by atoms with van der Waals surface area (Å²) in [6, 6.07) is 10.5. The molecule has 0 aliphatic rings. The van der Waals surface area contributed by atoms with Crippen LogP contribution in [0.25, 0.3) is 0 Å². The first-order valence-corrected chi connectivity index (χ1v) is 6.47. The van der Waals surface area contributed by atoms with Gasteiger partial charge in [0.05, 0.1) is 16.8 Å². The van der Waals surface area contributed by atoms with Crippen molar-refractivity contribution in [3.8, 4) is 0 Å². The minimum absolute atomic E-state index is 0.316. The summed E-state index contributed by atoms with van der Waals surface area (Å²) < 4.78 is 13.6. The number of benzene rings is 2. The molecule has 2 rings (SSSR count). The van der Waals surface area contributed by atoms with Crippen molar-refractivity contribution in [3.05, 3.63) is 64.4 Å². The molecular formula is C15H14ClFN2O. The standard InChI is InChI=1S/C15H14ClFN2O/c1-9(11-4-2-3-5-13(11)17)19-15(20)10-6-7-14(18)12(16)8-10/h2-9H,18H2,1H3,(H,19,20). The molecular weight excluding hydrogens is 279 g/mol. The Kier molecular flexibility index (Phi) is 4.25. The fourth-order valence-corrected chi connectivity index (χ4v) is 2.03. The largest absolute Gasteiger partial charge is 0.398 e. The van der Waals surface area contributed by atoms with Crippen LogP contribution in [0.2, 0.25) is 5.02 Å². The second-order valence-electron chi connectivity index (χ2n) is 4.45. The molecule has 0 aliphatic heterocycles. The monoisotopic (exact) mass is 292 g/mol. The summed E-state index contributed by atoms with van der Waals surface area (Å²) in [6.07, 6.45) is 0. The van der Waals surface area contributed by atoms with Crippen LogP contribution >= 0.6 is 11.6 Å². The number of carbonyl (C=O) groups is 1. The van der Waals surface area contributed by atoms with Gasteiger partial charge in [0.15, 0.2) is 0 Å². The number of hydrogen-bond acceptors (Lipinski definition) is 2. The van der Waals surface area contributed by atoms with E-state index in [1.165, 1.54) is 12.1 Å². The number of anilines is 1. The second kappa shape index (κ2) is 5.92. The number of nitrogen functional groups attached to an aromatic ring is 1. The van der Waals surface area contributed by atoms with Gasteiger partial charge >= 0.3 is 0 Å². The highest BCUT2D eigenvalue weighted by molar-refractivity contribution is 6.33. The molecule has 0 aliphatic carbocycles. The first-order chi connectivity index (χ1) is 9.49. The second-order valence-corrected chi connectivity index (χ2v) is 4.86. The van der Waals surface area contributed by atoms with Gasteiger partial charge in [-0.1, -0.05) is 29.8 Å². The van der Waals surface area contributed by atoms with Gasteiger partial charge in [-0.25, -0.2) is 4.39 Å². The molecule has 2 aromatic carbocycles. The third-order valence-corrected chi connectivity index (χ3v) is 3.31. The lowest BCUT2D eigenvalue weighted by atomic mass is 10.1. The van der Waals surface area contributed by atoms with Gasteiger partial charge in [0, 0.05) is 11.1 Å². The van der Waals surface area contributed by atoms with Crippen LogP contribution in [-0.2, 0) is 0 Å². The van der Waals surface area contributed by atoms with Crippen molar-refractivity contribution in [2.45, 2.75) is 13.0 Å². The summed E-state index contributed by atoms with van der Waals surface area (Å²) >= 11 is 5.87. The summed E-state index contributed by atoms with van der Waals surface area (Å²) in [7, 11) is 0. The molecule has 0 saturated carbocycles. The predicted octanol–water partition coefficient (Wildman–Crippen LogP) is 3.55. The normalized spacial score (nSPS) is 11.9. The zero-order valence-corrected chi connectivity index (χ0v) is 11.6. The molecule has 3 nitrogen and oxygen atoms in total. The van der Waals surface area contributed by atoms with Gasteiger partial charge in [-0.15, -0.1) is 0 Å². The SMILES string of the molecule is CC(NC(=O)c1ccc(N)c(Cl)c1)c1ccccc1F. The summed E-state index contributed by atoms with van der Waals surface area (Å²) in [6.45, 7) is 1.72. The summed E-state index contributed by atoms with van der Waals surface area (Å²) in [5.41, 5.74) is 6.81. The molecule has 0 saturated heterocycles. The number of rotatable bonds is 3. The van der Waals surface area contributed by atoms with E-state index in [2.05, 4.69) is 5.32 Å². The predicted molar refractivity (Wildman–Crippen MR) is 78.1 cm³/mol. The number of nitrogens with two attached hydrogens (primary N) is 1. The molecule has 0 heterocycles. The fourth-order valence-electron chi connectivity index (χ4n) is 1.85. The topological polar surface area (TPSA) is 55.1 Å². The maximum atomic E-state index is 13.6. The van der Waals surface area contributed by atoms with Gasteiger partial charge in [-0.2, -0.15) is 0 Å². The van der Waals surface area contributed by atoms with E-state index in [-0.39, 0.29) is 11.7 Å². The van der Waals surface area contributed by atoms with Crippen LogP contribution in [0.1, 0.15) is 28.9 Å². The quantitative estimate of drug-likeness (QED) is 0.850. The number of nitrogens with one attached hydrogen (secondary N) is 1. The molecule has 0 fully saturated rings. The van der Waals surface area contributed by atoms with E-state index < -0.39 is 6.04 Å². The molecule has 104 valence electrons. The third-order valence-electron chi connectivity index (χ3n) is 2.98. The lowest BCUT2D eigenvalue weighted by Gasteiger charge is -2.15. The van der Waals surface area contributed by atoms with Crippen molar-refractivity contribution in [1.82, 2.24) is 5.32 Å². The van der Waals surface area contributed by atoms with Crippen LogP contribution < -0.4 is 11.1 Å². The fraction of sp³-hybridized carbons (Fsp3) is 0.133. The molecule has 0 aromatic heterocycles. The number of hydrogen-bond donors (Lipinski definition) is 2. The minimum atomic E-state index is -0.444. The molecule has 1 unspecified atom stereocenters. The van der Waals surface area contributed by atoms with Crippen LogP contribution in [0.15, 0.2) is 42.5 Å². The first-order valence-electron chi connectivity index (χ1n) is 6.09. The van der Waals surface area contributed by atoms with Crippen molar-refractivity contribution in [1.29, 1.82) is 0 Å². The summed E-state index contributed by atoms with van der Waals surface area (Å²) in [5.74, 6) is -0.682. The van der Waals surface area contributed by atoms with E-state index in [0.717, 1.165) is 0 Å². The average Bonchev–Trinajstić information content (AvgIpc) is 2.42. The summed E-state index contributed by atoms with van der Waals surface area (Å²) in [5, 5.41) is 3.04. The van der Waals surface area contributed by atoms with Gasteiger partial charge in [0.1, 0.15) is 5.82 Å². The van der Waals surface area contributed by atoms with Crippen LogP contribution in [0.3, 0.4) is 0 Å². The van der Waals surface area contributed by atoms with Crippen LogP contribution in [0.4, 0.5) is 10.1 Å². The lowest BCUT2D eigenvalue weighted by Crippen LogP contribution is -2.27. The van der Waals surface area contributed by atoms with Gasteiger partial charge in [-0.05, 0) is 31.2 Å². The van der Waals surface area contributed by atoms with Crippen molar-refractivity contribution in [3.63, 3.8) is 0 Å². The molecule has 0 radical (unpaired) electrons. The molecule has 20 heavy (non-hydrogen) atoms. The maximum absolute atomic E-state index is 13.6. The summed E-state index contributed by atoms with van der Waals surface area (Å²) in [4.78, 5) is 12.1. The molecule has 2 aromatic rings. The zero-order valence-electron chi connectivity index (χ0n) is 10.9. The van der Waals surface area contributed by atoms with E-state index >= 15 is 0 Å². The number of amides is 1. The molecule has 3 N–H and O–H groups in total. The third kappa shape index (κ3) is 3.08. The van der Waals surface area contributed by atoms with Crippen molar-refractivity contribution < 1.29 is 9.18 Å². The van der Waals surface area contributed by atoms with Crippen LogP contribution in [0.5, 0.6) is 0 Å². The Morgan fingerprint density at radius 1 is 1.30 bits per heavy atom. The highest BCUT2D eigenvalue weighted by atomic mass is 35.5. The Morgan fingerprint density at radius 3 is 2.65 bits per heavy atom. The Balaban J connectivity index is 2.15. The molecule has 1 amide bonds. The van der Waals surface area contributed by atoms with Crippen LogP contribution in [-0.4, -0.2) is 5.91 Å². The Bertz CT molecular complexity index is 646. The van der Waals surface area contributed by atoms with Gasteiger partial charge in [-0.3, -0.25) is 4.79 Å². The van der Waals surface area contributed by atoms with E-state index in [9.17, 15) is 9.18 Å². The molecule has 5 heteroatoms. The van der Waals surface area contributed by atoms with E-state index in [1.807, 2.05) is 0 Å². The van der Waals surface area contributed by atoms with Gasteiger partial charge in [0.25, 0.3) is 5.91 Å². The highest BCUT2D eigenvalue weighted by Crippen LogP contribution is 2.21. The molecule has 0 bridgehead atoms. The zero-order chi connectivity index (χ0) is 14.7. The maximum Gasteiger partial charge on any atom is 0.251 e. The Hall–Kier alpha value is -2.07. The van der Waals surface area contributed by atoms with Crippen molar-refractivity contribution in [2.75, 3.05) is 5.73 Å². The highest BCUT2D eigenvalue weighted by Gasteiger charge is 2.14. The van der Waals surface area contributed by atoms with Crippen LogP contribution in [0, 0.1) is 5.82 Å². The first kappa shape index (κ1) is 14.3. The number of carbonyl (C=O) groups excluding carboxylic acids is 1. The average molecular weight is 293 g/mol. The number of halogens is 2. The smallest absolute Gasteiger partial charge is 0.251 e. The Morgan fingerprint density at radius 2 is 2.00 bits per heavy atom. The lowest BCUT2D eigenvalue weighted by molar-refractivity contribution is 0.0939. The van der Waals surface area contributed by atoms with Gasteiger partial charge in [0.2, 0.25) is 0 Å². The van der Waals surface area contributed by atoms with Crippen molar-refractivity contribution in [2.24, 2.45) is 0 Å². The van der Waals surface area contributed by atoms with E-state index in [4.69, 9.17) is 17.3 Å². The minimum Gasteiger partial charge on any atom is -0.398 e.